The van der Waals surface area contributed by atoms with Crippen molar-refractivity contribution >= 4 is 11.4 Å². The summed E-state index contributed by atoms with van der Waals surface area (Å²) in [6.45, 7) is 2.33. The van der Waals surface area contributed by atoms with Gasteiger partial charge in [0.15, 0.2) is 0 Å². The molecule has 2 heteroatoms. The van der Waals surface area contributed by atoms with Crippen LogP contribution in [0.25, 0.3) is 0 Å². The highest BCUT2D eigenvalue weighted by atomic mass is 15.2. The number of nitrogens with one attached hydrogen (secondary N) is 1. The van der Waals surface area contributed by atoms with E-state index < -0.39 is 0 Å². The van der Waals surface area contributed by atoms with E-state index >= 15 is 0 Å². The summed E-state index contributed by atoms with van der Waals surface area (Å²) in [5.74, 6) is 0. The molecule has 1 aliphatic carbocycles. The summed E-state index contributed by atoms with van der Waals surface area (Å²) in [6.07, 6.45) is 9.72. The molecule has 98 valence electrons. The summed E-state index contributed by atoms with van der Waals surface area (Å²) in [5.41, 5.74) is 2.76. The molecular weight excluding hydrogens is 220 g/mol. The van der Waals surface area contributed by atoms with Gasteiger partial charge in [-0.15, -0.1) is 0 Å². The maximum Gasteiger partial charge on any atom is 0.0604 e. The van der Waals surface area contributed by atoms with Crippen molar-refractivity contribution in [2.75, 3.05) is 23.3 Å². The summed E-state index contributed by atoms with van der Waals surface area (Å²) in [4.78, 5) is 2.68. The summed E-state index contributed by atoms with van der Waals surface area (Å²) in [6, 6.07) is 9.61. The van der Waals surface area contributed by atoms with Gasteiger partial charge < -0.3 is 10.2 Å². The minimum atomic E-state index is 0.772. The molecular formula is C16H24N2. The first kappa shape index (κ1) is 11.9. The van der Waals surface area contributed by atoms with Crippen LogP contribution in [0.1, 0.15) is 44.9 Å². The molecule has 0 bridgehead atoms. The highest BCUT2D eigenvalue weighted by Gasteiger charge is 2.23. The van der Waals surface area contributed by atoms with Crippen molar-refractivity contribution in [3.05, 3.63) is 24.3 Å². The third-order valence-corrected chi connectivity index (χ3v) is 4.37. The molecule has 1 aliphatic heterocycles. The Balaban J connectivity index is 1.86. The van der Waals surface area contributed by atoms with Crippen LogP contribution in [-0.4, -0.2) is 19.1 Å². The van der Waals surface area contributed by atoms with Crippen LogP contribution in [-0.2, 0) is 0 Å². The Kier molecular flexibility index (Phi) is 3.72. The highest BCUT2D eigenvalue weighted by Crippen LogP contribution is 2.33. The SMILES string of the molecule is c1ccc2c(c1)NCCCN2C1CCCCCC1. The molecule has 1 aromatic carbocycles. The van der Waals surface area contributed by atoms with Gasteiger partial charge in [-0.25, -0.2) is 0 Å². The minimum absolute atomic E-state index is 0.772. The second kappa shape index (κ2) is 5.64. The number of anilines is 2. The lowest BCUT2D eigenvalue weighted by Crippen LogP contribution is -2.35. The van der Waals surface area contributed by atoms with Crippen LogP contribution in [0.4, 0.5) is 11.4 Å². The van der Waals surface area contributed by atoms with Crippen molar-refractivity contribution < 1.29 is 0 Å². The number of hydrogen-bond donors (Lipinski definition) is 1. The van der Waals surface area contributed by atoms with Crippen LogP contribution >= 0.6 is 0 Å². The highest BCUT2D eigenvalue weighted by molar-refractivity contribution is 5.71. The zero-order valence-electron chi connectivity index (χ0n) is 11.2. The number of nitrogens with zero attached hydrogens (tertiary/aromatic N) is 1. The normalized spacial score (nSPS) is 21.7. The van der Waals surface area contributed by atoms with Gasteiger partial charge >= 0.3 is 0 Å². The van der Waals surface area contributed by atoms with Crippen LogP contribution in [0.2, 0.25) is 0 Å². The number of fused-ring (bicyclic) bond motifs is 1. The molecule has 0 radical (unpaired) electrons. The van der Waals surface area contributed by atoms with Gasteiger partial charge in [-0.05, 0) is 31.4 Å². The molecule has 1 saturated carbocycles. The summed E-state index contributed by atoms with van der Waals surface area (Å²) in [7, 11) is 0. The van der Waals surface area contributed by atoms with Crippen LogP contribution in [0.3, 0.4) is 0 Å². The predicted molar refractivity (Wildman–Crippen MR) is 78.4 cm³/mol. The Morgan fingerprint density at radius 1 is 0.944 bits per heavy atom. The van der Waals surface area contributed by atoms with Crippen molar-refractivity contribution in [2.24, 2.45) is 0 Å². The first-order valence-corrected chi connectivity index (χ1v) is 7.55. The molecule has 1 N–H and O–H groups in total. The lowest BCUT2D eigenvalue weighted by molar-refractivity contribution is 0.524. The molecule has 0 atom stereocenters. The molecule has 1 heterocycles. The van der Waals surface area contributed by atoms with Crippen LogP contribution in [0, 0.1) is 0 Å². The Bertz CT molecular complexity index is 380. The minimum Gasteiger partial charge on any atom is -0.383 e. The third kappa shape index (κ3) is 2.47. The molecule has 2 aliphatic rings. The van der Waals surface area contributed by atoms with Crippen LogP contribution in [0.15, 0.2) is 24.3 Å². The monoisotopic (exact) mass is 244 g/mol. The molecule has 1 fully saturated rings. The van der Waals surface area contributed by atoms with E-state index in [-0.39, 0.29) is 0 Å². The molecule has 1 aromatic rings. The fourth-order valence-corrected chi connectivity index (χ4v) is 3.42. The first-order valence-electron chi connectivity index (χ1n) is 7.55. The summed E-state index contributed by atoms with van der Waals surface area (Å²) >= 11 is 0. The Morgan fingerprint density at radius 2 is 1.72 bits per heavy atom. The Labute approximate surface area is 110 Å². The van der Waals surface area contributed by atoms with Gasteiger partial charge in [-0.2, -0.15) is 0 Å². The van der Waals surface area contributed by atoms with E-state index in [1.165, 1.54) is 62.9 Å². The fourth-order valence-electron chi connectivity index (χ4n) is 3.42. The molecule has 0 saturated heterocycles. The average Bonchev–Trinajstić information content (AvgIpc) is 2.79. The number of para-hydroxylation sites is 2. The predicted octanol–water partition coefficient (Wildman–Crippen LogP) is 4.03. The Hall–Kier alpha value is -1.18. The number of hydrogen-bond acceptors (Lipinski definition) is 2. The van der Waals surface area contributed by atoms with E-state index in [4.69, 9.17) is 0 Å². The topological polar surface area (TPSA) is 15.3 Å². The molecule has 2 nitrogen and oxygen atoms in total. The summed E-state index contributed by atoms with van der Waals surface area (Å²) < 4.78 is 0. The zero-order chi connectivity index (χ0) is 12.2. The van der Waals surface area contributed by atoms with Crippen molar-refractivity contribution in [2.45, 2.75) is 51.0 Å². The van der Waals surface area contributed by atoms with E-state index in [1.807, 2.05) is 0 Å². The first-order chi connectivity index (χ1) is 8.95. The van der Waals surface area contributed by atoms with Crippen LogP contribution in [0.5, 0.6) is 0 Å². The standard InChI is InChI=1S/C16H24N2/c1-2-4-9-14(8-3-1)18-13-7-12-17-15-10-5-6-11-16(15)18/h5-6,10-11,14,17H,1-4,7-9,12-13H2. The van der Waals surface area contributed by atoms with Crippen molar-refractivity contribution in [1.82, 2.24) is 0 Å². The smallest absolute Gasteiger partial charge is 0.0604 e. The lowest BCUT2D eigenvalue weighted by atomic mass is 10.1. The quantitative estimate of drug-likeness (QED) is 0.750. The maximum atomic E-state index is 3.57. The number of benzene rings is 1. The van der Waals surface area contributed by atoms with E-state index in [0.717, 1.165) is 12.6 Å². The van der Waals surface area contributed by atoms with E-state index in [1.54, 1.807) is 0 Å². The van der Waals surface area contributed by atoms with Gasteiger partial charge in [-0.1, -0.05) is 37.8 Å². The van der Waals surface area contributed by atoms with Gasteiger partial charge in [-0.3, -0.25) is 0 Å². The second-order valence-corrected chi connectivity index (χ2v) is 5.64. The maximum absolute atomic E-state index is 3.57. The molecule has 0 aromatic heterocycles. The molecule has 18 heavy (non-hydrogen) atoms. The van der Waals surface area contributed by atoms with Gasteiger partial charge in [0.2, 0.25) is 0 Å². The van der Waals surface area contributed by atoms with E-state index in [2.05, 4.69) is 34.5 Å². The lowest BCUT2D eigenvalue weighted by Gasteiger charge is -2.33. The largest absolute Gasteiger partial charge is 0.383 e. The Morgan fingerprint density at radius 3 is 2.56 bits per heavy atom. The fraction of sp³-hybridized carbons (Fsp3) is 0.625. The van der Waals surface area contributed by atoms with Crippen LogP contribution < -0.4 is 10.2 Å². The van der Waals surface area contributed by atoms with Gasteiger partial charge in [0.25, 0.3) is 0 Å². The second-order valence-electron chi connectivity index (χ2n) is 5.64. The average molecular weight is 244 g/mol. The zero-order valence-corrected chi connectivity index (χ0v) is 11.2. The van der Waals surface area contributed by atoms with Gasteiger partial charge in [0.05, 0.1) is 11.4 Å². The molecule has 3 rings (SSSR count). The molecule has 0 unspecified atom stereocenters. The van der Waals surface area contributed by atoms with Crippen molar-refractivity contribution in [1.29, 1.82) is 0 Å². The van der Waals surface area contributed by atoms with Gasteiger partial charge in [0.1, 0.15) is 0 Å². The molecule has 0 amide bonds. The van der Waals surface area contributed by atoms with Gasteiger partial charge in [0, 0.05) is 19.1 Å². The van der Waals surface area contributed by atoms with Crippen molar-refractivity contribution in [3.8, 4) is 0 Å². The van der Waals surface area contributed by atoms with E-state index in [9.17, 15) is 0 Å². The summed E-state index contributed by atoms with van der Waals surface area (Å²) in [5, 5.41) is 3.57. The number of rotatable bonds is 1. The van der Waals surface area contributed by atoms with E-state index in [0.29, 0.717) is 0 Å². The van der Waals surface area contributed by atoms with Crippen molar-refractivity contribution in [3.63, 3.8) is 0 Å². The third-order valence-electron chi connectivity index (χ3n) is 4.37. The molecule has 0 spiro atoms.